The molecule has 5 nitrogen and oxygen atoms in total. The van der Waals surface area contributed by atoms with Crippen molar-refractivity contribution in [2.45, 2.75) is 23.8 Å². The number of nitrogens with two attached hydrogens (primary N) is 1. The molecular formula is C11H16BNO4S. The van der Waals surface area contributed by atoms with Crippen molar-refractivity contribution in [3.63, 3.8) is 0 Å². The van der Waals surface area contributed by atoms with Crippen LogP contribution in [0, 0.1) is 0 Å². The molecule has 0 aromatic heterocycles. The maximum absolute atomic E-state index is 11.0. The topological polar surface area (TPSA) is 92.8 Å². The first-order valence-electron chi connectivity index (χ1n) is 5.33. The minimum Gasteiger partial charge on any atom is -0.539 e. The number of thioether (sulfide) groups is 1. The van der Waals surface area contributed by atoms with Crippen LogP contribution in [0.1, 0.15) is 12.5 Å². The molecule has 0 unspecified atom stereocenters. The molecule has 0 saturated heterocycles. The molecule has 1 aromatic rings. The van der Waals surface area contributed by atoms with Gasteiger partial charge in [-0.3, -0.25) is 4.79 Å². The van der Waals surface area contributed by atoms with E-state index in [0.717, 1.165) is 10.5 Å². The van der Waals surface area contributed by atoms with Gasteiger partial charge >= 0.3 is 13.7 Å². The lowest BCUT2D eigenvalue weighted by Crippen LogP contribution is -2.46. The number of aliphatic carboxylic acids is 1. The minimum atomic E-state index is -1.30. The van der Waals surface area contributed by atoms with E-state index >= 15 is 0 Å². The van der Waals surface area contributed by atoms with Crippen molar-refractivity contribution >= 4 is 25.4 Å². The van der Waals surface area contributed by atoms with Crippen molar-refractivity contribution in [1.29, 1.82) is 0 Å². The SMILES string of the molecule is CSc1cc(OBO)ccc1C[C@](C)(N)C(=O)O. The van der Waals surface area contributed by atoms with Gasteiger partial charge in [0.2, 0.25) is 0 Å². The summed E-state index contributed by atoms with van der Waals surface area (Å²) in [4.78, 5) is 11.9. The summed E-state index contributed by atoms with van der Waals surface area (Å²) in [6, 6.07) is 5.21. The Morgan fingerprint density at radius 2 is 2.28 bits per heavy atom. The van der Waals surface area contributed by atoms with Gasteiger partial charge in [-0.2, -0.15) is 0 Å². The number of rotatable bonds is 6. The lowest BCUT2D eigenvalue weighted by Gasteiger charge is -2.21. The zero-order chi connectivity index (χ0) is 13.8. The Kier molecular flexibility index (Phi) is 5.07. The van der Waals surface area contributed by atoms with Gasteiger partial charge in [0.1, 0.15) is 11.3 Å². The average Bonchev–Trinajstić information content (AvgIpc) is 2.31. The third-order valence-corrected chi connectivity index (χ3v) is 3.36. The minimum absolute atomic E-state index is 0.234. The molecule has 0 aliphatic carbocycles. The fourth-order valence-electron chi connectivity index (χ4n) is 1.51. The largest absolute Gasteiger partial charge is 0.539 e. The summed E-state index contributed by atoms with van der Waals surface area (Å²) in [7, 11) is -0.392. The van der Waals surface area contributed by atoms with Gasteiger partial charge in [-0.05, 0) is 30.9 Å². The third-order valence-electron chi connectivity index (χ3n) is 2.54. The maximum atomic E-state index is 11.0. The summed E-state index contributed by atoms with van der Waals surface area (Å²) in [6.45, 7) is 1.48. The summed E-state index contributed by atoms with van der Waals surface area (Å²) >= 11 is 1.48. The first kappa shape index (κ1) is 14.9. The van der Waals surface area contributed by atoms with E-state index in [2.05, 4.69) is 0 Å². The lowest BCUT2D eigenvalue weighted by atomic mass is 9.94. The number of carboxylic acid groups (broad SMARTS) is 1. The standard InChI is InChI=1S/C11H16BNO4S/c1-11(13,10(14)15)6-7-3-4-8(17-12-16)5-9(7)18-2/h3-5,12,16H,6,13H2,1-2H3,(H,14,15)/t11-/m0/s1. The van der Waals surface area contributed by atoms with Crippen LogP contribution in [0.15, 0.2) is 23.1 Å². The van der Waals surface area contributed by atoms with Crippen molar-refractivity contribution in [2.75, 3.05) is 6.26 Å². The Morgan fingerprint density at radius 3 is 2.78 bits per heavy atom. The number of carboxylic acids is 1. The molecule has 98 valence electrons. The van der Waals surface area contributed by atoms with Crippen LogP contribution in [-0.4, -0.2) is 35.6 Å². The van der Waals surface area contributed by atoms with Crippen molar-refractivity contribution in [3.05, 3.63) is 23.8 Å². The fraction of sp³-hybridized carbons (Fsp3) is 0.364. The van der Waals surface area contributed by atoms with E-state index in [0.29, 0.717) is 5.75 Å². The van der Waals surface area contributed by atoms with E-state index in [9.17, 15) is 4.79 Å². The van der Waals surface area contributed by atoms with Crippen LogP contribution in [0.2, 0.25) is 0 Å². The van der Waals surface area contributed by atoms with E-state index in [1.165, 1.54) is 18.7 Å². The summed E-state index contributed by atoms with van der Waals surface area (Å²) in [5, 5.41) is 17.7. The Labute approximate surface area is 111 Å². The molecule has 0 aliphatic rings. The summed E-state index contributed by atoms with van der Waals surface area (Å²) < 4.78 is 4.98. The van der Waals surface area contributed by atoms with Gasteiger partial charge in [0, 0.05) is 11.3 Å². The second-order valence-electron chi connectivity index (χ2n) is 4.15. The molecular weight excluding hydrogens is 253 g/mol. The number of benzene rings is 1. The third kappa shape index (κ3) is 3.66. The molecule has 0 heterocycles. The predicted molar refractivity (Wildman–Crippen MR) is 72.2 cm³/mol. The van der Waals surface area contributed by atoms with Gasteiger partial charge in [0.05, 0.1) is 0 Å². The second-order valence-corrected chi connectivity index (χ2v) is 4.99. The molecule has 0 spiro atoms. The van der Waals surface area contributed by atoms with E-state index < -0.39 is 19.2 Å². The zero-order valence-corrected chi connectivity index (χ0v) is 11.2. The van der Waals surface area contributed by atoms with Crippen LogP contribution in [0.5, 0.6) is 5.75 Å². The number of carbonyl (C=O) groups is 1. The van der Waals surface area contributed by atoms with Crippen molar-refractivity contribution in [2.24, 2.45) is 5.73 Å². The Balaban J connectivity index is 2.99. The monoisotopic (exact) mass is 269 g/mol. The normalized spacial score (nSPS) is 13.8. The molecule has 1 rings (SSSR count). The van der Waals surface area contributed by atoms with Gasteiger partial charge in [-0.25, -0.2) is 0 Å². The Bertz CT molecular complexity index is 439. The molecule has 1 atom stereocenters. The highest BCUT2D eigenvalue weighted by Crippen LogP contribution is 2.28. The highest BCUT2D eigenvalue weighted by molar-refractivity contribution is 7.98. The van der Waals surface area contributed by atoms with Crippen molar-refractivity contribution in [3.8, 4) is 5.75 Å². The molecule has 0 aliphatic heterocycles. The van der Waals surface area contributed by atoms with Crippen LogP contribution in [-0.2, 0) is 11.2 Å². The zero-order valence-electron chi connectivity index (χ0n) is 10.3. The van der Waals surface area contributed by atoms with Crippen LogP contribution >= 0.6 is 11.8 Å². The average molecular weight is 269 g/mol. The molecule has 0 saturated carbocycles. The van der Waals surface area contributed by atoms with E-state index in [-0.39, 0.29) is 6.42 Å². The second kappa shape index (κ2) is 6.13. The molecule has 7 heteroatoms. The molecule has 0 radical (unpaired) electrons. The highest BCUT2D eigenvalue weighted by Gasteiger charge is 2.29. The lowest BCUT2D eigenvalue weighted by molar-refractivity contribution is -0.142. The van der Waals surface area contributed by atoms with E-state index in [4.69, 9.17) is 20.5 Å². The van der Waals surface area contributed by atoms with Crippen LogP contribution in [0.3, 0.4) is 0 Å². The van der Waals surface area contributed by atoms with Crippen LogP contribution in [0.25, 0.3) is 0 Å². The molecule has 1 aromatic carbocycles. The van der Waals surface area contributed by atoms with Gasteiger partial charge in [0.15, 0.2) is 0 Å². The van der Waals surface area contributed by atoms with E-state index in [1.54, 1.807) is 18.2 Å². The molecule has 4 N–H and O–H groups in total. The summed E-state index contributed by atoms with van der Waals surface area (Å²) in [6.07, 6.45) is 2.12. The quantitative estimate of drug-likeness (QED) is 0.511. The number of hydrogen-bond donors (Lipinski definition) is 3. The molecule has 0 bridgehead atoms. The fourth-order valence-corrected chi connectivity index (χ4v) is 2.14. The first-order chi connectivity index (χ1) is 8.40. The molecule has 18 heavy (non-hydrogen) atoms. The Hall–Kier alpha value is -1.18. The molecule has 0 fully saturated rings. The van der Waals surface area contributed by atoms with Gasteiger partial charge in [0.25, 0.3) is 0 Å². The highest BCUT2D eigenvalue weighted by atomic mass is 32.2. The maximum Gasteiger partial charge on any atom is 0.504 e. The Morgan fingerprint density at radius 1 is 1.61 bits per heavy atom. The summed E-state index contributed by atoms with van der Waals surface area (Å²) in [5.74, 6) is -0.495. The summed E-state index contributed by atoms with van der Waals surface area (Å²) in [5.41, 5.74) is 5.28. The van der Waals surface area contributed by atoms with Crippen LogP contribution in [0.4, 0.5) is 0 Å². The van der Waals surface area contributed by atoms with Gasteiger partial charge in [-0.15, -0.1) is 11.8 Å². The predicted octanol–water partition coefficient (Wildman–Crippen LogP) is 0.391. The van der Waals surface area contributed by atoms with Gasteiger partial charge in [-0.1, -0.05) is 6.07 Å². The van der Waals surface area contributed by atoms with Crippen molar-refractivity contribution < 1.29 is 19.6 Å². The number of hydrogen-bond acceptors (Lipinski definition) is 5. The molecule has 0 amide bonds. The smallest absolute Gasteiger partial charge is 0.504 e. The van der Waals surface area contributed by atoms with Crippen LogP contribution < -0.4 is 10.4 Å². The first-order valence-corrected chi connectivity index (χ1v) is 6.56. The van der Waals surface area contributed by atoms with Crippen molar-refractivity contribution in [1.82, 2.24) is 0 Å². The van der Waals surface area contributed by atoms with Gasteiger partial charge < -0.3 is 20.5 Å². The van der Waals surface area contributed by atoms with E-state index in [1.807, 2.05) is 6.26 Å².